The monoisotopic (exact) mass is 267 g/mol. The van der Waals surface area contributed by atoms with Gasteiger partial charge in [0.2, 0.25) is 0 Å². The fourth-order valence-corrected chi connectivity index (χ4v) is 2.75. The zero-order valence-electron chi connectivity index (χ0n) is 11.5. The molecule has 1 fully saturated rings. The van der Waals surface area contributed by atoms with Gasteiger partial charge in [-0.2, -0.15) is 0 Å². The van der Waals surface area contributed by atoms with E-state index in [2.05, 4.69) is 22.2 Å². The van der Waals surface area contributed by atoms with Crippen LogP contribution in [-0.2, 0) is 6.42 Å². The van der Waals surface area contributed by atoms with Gasteiger partial charge in [0.05, 0.1) is 0 Å². The minimum atomic E-state index is 0.413. The minimum Gasteiger partial charge on any atom is -0.369 e. The number of nitrogens with one attached hydrogen (secondary N) is 1. The highest BCUT2D eigenvalue weighted by molar-refractivity contribution is 6.30. The van der Waals surface area contributed by atoms with Gasteiger partial charge in [-0.25, -0.2) is 9.97 Å². The van der Waals surface area contributed by atoms with E-state index >= 15 is 0 Å². The summed E-state index contributed by atoms with van der Waals surface area (Å²) in [5.74, 6) is 1.71. The summed E-state index contributed by atoms with van der Waals surface area (Å²) in [6.45, 7) is 7.35. The average molecular weight is 268 g/mol. The molecule has 0 unspecified atom stereocenters. The molecule has 0 saturated heterocycles. The molecule has 4 heteroatoms. The van der Waals surface area contributed by atoms with Crippen LogP contribution in [0.25, 0.3) is 0 Å². The first-order valence-electron chi connectivity index (χ1n) is 6.81. The van der Waals surface area contributed by atoms with E-state index in [9.17, 15) is 0 Å². The second kappa shape index (κ2) is 5.43. The van der Waals surface area contributed by atoms with Crippen molar-refractivity contribution in [1.82, 2.24) is 9.97 Å². The van der Waals surface area contributed by atoms with E-state index < -0.39 is 0 Å². The number of nitrogens with zero attached hydrogens (tertiary/aromatic N) is 2. The van der Waals surface area contributed by atoms with Crippen LogP contribution in [0.4, 0.5) is 5.82 Å². The van der Waals surface area contributed by atoms with Gasteiger partial charge in [0, 0.05) is 18.5 Å². The first kappa shape index (κ1) is 13.6. The Morgan fingerprint density at radius 3 is 2.56 bits per heavy atom. The molecule has 0 radical (unpaired) electrons. The van der Waals surface area contributed by atoms with Gasteiger partial charge in [-0.15, -0.1) is 0 Å². The number of rotatable bonds is 4. The van der Waals surface area contributed by atoms with Crippen molar-refractivity contribution in [3.8, 4) is 0 Å². The van der Waals surface area contributed by atoms with E-state index in [1.54, 1.807) is 0 Å². The van der Waals surface area contributed by atoms with Gasteiger partial charge in [-0.3, -0.25) is 0 Å². The molecule has 2 rings (SSSR count). The highest BCUT2D eigenvalue weighted by Crippen LogP contribution is 2.37. The Kier molecular flexibility index (Phi) is 4.10. The van der Waals surface area contributed by atoms with E-state index in [0.29, 0.717) is 10.6 Å². The van der Waals surface area contributed by atoms with Crippen molar-refractivity contribution in [1.29, 1.82) is 0 Å². The normalized spacial score (nSPS) is 18.0. The molecule has 3 nitrogen and oxygen atoms in total. The SMILES string of the molecule is CCc1nc(Cl)c(C)c(NCC2(C)CCCC2)n1. The number of anilines is 1. The summed E-state index contributed by atoms with van der Waals surface area (Å²) >= 11 is 6.14. The number of aromatic nitrogens is 2. The molecule has 0 atom stereocenters. The summed E-state index contributed by atoms with van der Waals surface area (Å²) in [5, 5.41) is 4.05. The van der Waals surface area contributed by atoms with Gasteiger partial charge in [0.15, 0.2) is 0 Å². The summed E-state index contributed by atoms with van der Waals surface area (Å²) in [6.07, 6.45) is 6.12. The maximum Gasteiger partial charge on any atom is 0.137 e. The Labute approximate surface area is 114 Å². The van der Waals surface area contributed by atoms with Crippen LogP contribution in [-0.4, -0.2) is 16.5 Å². The van der Waals surface area contributed by atoms with E-state index in [0.717, 1.165) is 30.2 Å². The first-order valence-corrected chi connectivity index (χ1v) is 7.19. The third-order valence-electron chi connectivity index (χ3n) is 3.94. The van der Waals surface area contributed by atoms with Crippen molar-refractivity contribution in [3.05, 3.63) is 16.5 Å². The number of hydrogen-bond donors (Lipinski definition) is 1. The van der Waals surface area contributed by atoms with E-state index in [4.69, 9.17) is 11.6 Å². The van der Waals surface area contributed by atoms with Crippen molar-refractivity contribution in [2.45, 2.75) is 52.9 Å². The Hall–Kier alpha value is -0.830. The molecule has 1 aliphatic rings. The van der Waals surface area contributed by atoms with Crippen LogP contribution in [0.15, 0.2) is 0 Å². The standard InChI is InChI=1S/C14H22ClN3/c1-4-11-17-12(15)10(2)13(18-11)16-9-14(3)7-5-6-8-14/h4-9H2,1-3H3,(H,16,17,18). The Bertz CT molecular complexity index is 425. The van der Waals surface area contributed by atoms with Crippen LogP contribution < -0.4 is 5.32 Å². The van der Waals surface area contributed by atoms with Crippen molar-refractivity contribution in [2.75, 3.05) is 11.9 Å². The lowest BCUT2D eigenvalue weighted by molar-refractivity contribution is 0.361. The van der Waals surface area contributed by atoms with Crippen molar-refractivity contribution >= 4 is 17.4 Å². The highest BCUT2D eigenvalue weighted by Gasteiger charge is 2.28. The van der Waals surface area contributed by atoms with Crippen molar-refractivity contribution in [3.63, 3.8) is 0 Å². The quantitative estimate of drug-likeness (QED) is 0.838. The minimum absolute atomic E-state index is 0.413. The third kappa shape index (κ3) is 2.94. The topological polar surface area (TPSA) is 37.8 Å². The van der Waals surface area contributed by atoms with Gasteiger partial charge in [-0.05, 0) is 25.2 Å². The molecule has 1 saturated carbocycles. The van der Waals surface area contributed by atoms with Crippen LogP contribution >= 0.6 is 11.6 Å². The van der Waals surface area contributed by atoms with Crippen molar-refractivity contribution < 1.29 is 0 Å². The van der Waals surface area contributed by atoms with Gasteiger partial charge >= 0.3 is 0 Å². The van der Waals surface area contributed by atoms with Crippen LogP contribution in [0.1, 0.15) is 50.9 Å². The molecule has 0 aromatic carbocycles. The van der Waals surface area contributed by atoms with Gasteiger partial charge in [0.25, 0.3) is 0 Å². The smallest absolute Gasteiger partial charge is 0.137 e. The van der Waals surface area contributed by atoms with Crippen LogP contribution in [0.5, 0.6) is 0 Å². The molecule has 1 aromatic heterocycles. The van der Waals surface area contributed by atoms with Gasteiger partial charge in [-0.1, -0.05) is 38.3 Å². The first-order chi connectivity index (χ1) is 8.54. The zero-order valence-corrected chi connectivity index (χ0v) is 12.3. The fourth-order valence-electron chi connectivity index (χ4n) is 2.57. The molecule has 0 bridgehead atoms. The molecule has 0 aliphatic heterocycles. The largest absolute Gasteiger partial charge is 0.369 e. The third-order valence-corrected chi connectivity index (χ3v) is 4.31. The van der Waals surface area contributed by atoms with Crippen molar-refractivity contribution in [2.24, 2.45) is 5.41 Å². The summed E-state index contributed by atoms with van der Waals surface area (Å²) in [5.41, 5.74) is 1.37. The van der Waals surface area contributed by atoms with E-state index in [-0.39, 0.29) is 0 Å². The molecule has 1 aliphatic carbocycles. The molecule has 0 amide bonds. The number of aryl methyl sites for hydroxylation is 1. The molecule has 18 heavy (non-hydrogen) atoms. The molecule has 0 spiro atoms. The predicted molar refractivity (Wildman–Crippen MR) is 76.2 cm³/mol. The predicted octanol–water partition coefficient (Wildman–Crippen LogP) is 3.99. The van der Waals surface area contributed by atoms with Crippen LogP contribution in [0.3, 0.4) is 0 Å². The summed E-state index contributed by atoms with van der Waals surface area (Å²) in [4.78, 5) is 8.80. The number of halogens is 1. The Morgan fingerprint density at radius 2 is 1.94 bits per heavy atom. The van der Waals surface area contributed by atoms with E-state index in [1.807, 2.05) is 13.8 Å². The van der Waals surface area contributed by atoms with Crippen LogP contribution in [0, 0.1) is 12.3 Å². The molecule has 1 N–H and O–H groups in total. The molecular weight excluding hydrogens is 246 g/mol. The Balaban J connectivity index is 2.11. The lowest BCUT2D eigenvalue weighted by atomic mass is 9.89. The summed E-state index contributed by atoms with van der Waals surface area (Å²) < 4.78 is 0. The lowest BCUT2D eigenvalue weighted by Gasteiger charge is -2.24. The molecular formula is C14H22ClN3. The molecule has 1 aromatic rings. The Morgan fingerprint density at radius 1 is 1.28 bits per heavy atom. The van der Waals surface area contributed by atoms with Gasteiger partial charge < -0.3 is 5.32 Å². The maximum atomic E-state index is 6.14. The second-order valence-corrected chi connectivity index (χ2v) is 5.99. The lowest BCUT2D eigenvalue weighted by Crippen LogP contribution is -2.24. The second-order valence-electron chi connectivity index (χ2n) is 5.63. The summed E-state index contributed by atoms with van der Waals surface area (Å²) in [7, 11) is 0. The maximum absolute atomic E-state index is 6.14. The molecule has 1 heterocycles. The molecule has 100 valence electrons. The van der Waals surface area contributed by atoms with Crippen LogP contribution in [0.2, 0.25) is 5.15 Å². The average Bonchev–Trinajstić information content (AvgIpc) is 2.78. The fraction of sp³-hybridized carbons (Fsp3) is 0.714. The summed E-state index contributed by atoms with van der Waals surface area (Å²) in [6, 6.07) is 0. The highest BCUT2D eigenvalue weighted by atomic mass is 35.5. The zero-order chi connectivity index (χ0) is 13.2. The van der Waals surface area contributed by atoms with Gasteiger partial charge in [0.1, 0.15) is 16.8 Å². The number of hydrogen-bond acceptors (Lipinski definition) is 3. The van der Waals surface area contributed by atoms with E-state index in [1.165, 1.54) is 25.7 Å².